The highest BCUT2D eigenvalue weighted by Crippen LogP contribution is 2.25. The highest BCUT2D eigenvalue weighted by atomic mass is 16.3. The lowest BCUT2D eigenvalue weighted by atomic mass is 10.1. The van der Waals surface area contributed by atoms with Crippen LogP contribution in [0.4, 0.5) is 0 Å². The molecule has 4 nitrogen and oxygen atoms in total. The Morgan fingerprint density at radius 3 is 2.84 bits per heavy atom. The quantitative estimate of drug-likeness (QED) is 0.869. The predicted octanol–water partition coefficient (Wildman–Crippen LogP) is 2.78. The van der Waals surface area contributed by atoms with Gasteiger partial charge in [-0.25, -0.2) is 0 Å². The van der Waals surface area contributed by atoms with Crippen LogP contribution >= 0.6 is 0 Å². The largest absolute Gasteiger partial charge is 0.461 e. The Kier molecular flexibility index (Phi) is 4.43. The Labute approximate surface area is 114 Å². The second-order valence-electron chi connectivity index (χ2n) is 4.95. The summed E-state index contributed by atoms with van der Waals surface area (Å²) in [6.45, 7) is 7.39. The molecular formula is C15H23N3O. The molecule has 2 aromatic rings. The summed E-state index contributed by atoms with van der Waals surface area (Å²) in [5, 5.41) is 7.84. The van der Waals surface area contributed by atoms with E-state index in [0.29, 0.717) is 6.04 Å². The van der Waals surface area contributed by atoms with Crippen molar-refractivity contribution in [3.63, 3.8) is 0 Å². The van der Waals surface area contributed by atoms with Crippen LogP contribution in [-0.4, -0.2) is 22.4 Å². The van der Waals surface area contributed by atoms with Crippen molar-refractivity contribution in [1.29, 1.82) is 0 Å². The van der Waals surface area contributed by atoms with Crippen LogP contribution in [0.15, 0.2) is 22.7 Å². The average molecular weight is 261 g/mol. The summed E-state index contributed by atoms with van der Waals surface area (Å²) >= 11 is 0. The summed E-state index contributed by atoms with van der Waals surface area (Å²) in [6, 6.07) is 4.54. The summed E-state index contributed by atoms with van der Waals surface area (Å²) < 4.78 is 7.79. The van der Waals surface area contributed by atoms with E-state index in [1.807, 2.05) is 24.0 Å². The van der Waals surface area contributed by atoms with Crippen LogP contribution in [-0.2, 0) is 19.9 Å². The van der Waals surface area contributed by atoms with Gasteiger partial charge in [-0.1, -0.05) is 13.8 Å². The van der Waals surface area contributed by atoms with Crippen LogP contribution in [0.25, 0.3) is 11.3 Å². The molecule has 1 N–H and O–H groups in total. The molecule has 0 fully saturated rings. The van der Waals surface area contributed by atoms with Gasteiger partial charge >= 0.3 is 0 Å². The Morgan fingerprint density at radius 1 is 1.37 bits per heavy atom. The first-order valence-electron chi connectivity index (χ1n) is 6.99. The van der Waals surface area contributed by atoms with Crippen LogP contribution in [0.3, 0.4) is 0 Å². The fraction of sp³-hybridized carbons (Fsp3) is 0.533. The van der Waals surface area contributed by atoms with Crippen molar-refractivity contribution in [2.75, 3.05) is 6.54 Å². The molecule has 0 spiro atoms. The third-order valence-corrected chi connectivity index (χ3v) is 3.23. The van der Waals surface area contributed by atoms with Gasteiger partial charge in [0, 0.05) is 25.7 Å². The molecule has 0 aromatic carbocycles. The van der Waals surface area contributed by atoms with E-state index in [9.17, 15) is 0 Å². The standard InChI is InChI=1S/C15H23N3O/c1-5-14-13(10-18(4)17-14)15-8-7-12(19-15)9-11(3)16-6-2/h7-8,10-11,16H,5-6,9H2,1-4H3. The number of rotatable bonds is 6. The Balaban J connectivity index is 2.16. The van der Waals surface area contributed by atoms with Gasteiger partial charge in [-0.3, -0.25) is 4.68 Å². The molecule has 2 heterocycles. The van der Waals surface area contributed by atoms with Crippen LogP contribution in [0.2, 0.25) is 0 Å². The van der Waals surface area contributed by atoms with Gasteiger partial charge < -0.3 is 9.73 Å². The summed E-state index contributed by atoms with van der Waals surface area (Å²) in [5.41, 5.74) is 2.19. The molecule has 0 aliphatic heterocycles. The number of nitrogens with zero attached hydrogens (tertiary/aromatic N) is 2. The van der Waals surface area contributed by atoms with Gasteiger partial charge in [0.05, 0.1) is 11.3 Å². The topological polar surface area (TPSA) is 43.0 Å². The monoisotopic (exact) mass is 261 g/mol. The van der Waals surface area contributed by atoms with E-state index >= 15 is 0 Å². The lowest BCUT2D eigenvalue weighted by Gasteiger charge is -2.09. The van der Waals surface area contributed by atoms with Gasteiger partial charge in [-0.05, 0) is 32.0 Å². The van der Waals surface area contributed by atoms with Crippen LogP contribution in [0, 0.1) is 0 Å². The first-order chi connectivity index (χ1) is 9.13. The molecule has 1 unspecified atom stereocenters. The van der Waals surface area contributed by atoms with Gasteiger partial charge in [-0.15, -0.1) is 0 Å². The number of aromatic nitrogens is 2. The minimum atomic E-state index is 0.434. The summed E-state index contributed by atoms with van der Waals surface area (Å²) in [5.74, 6) is 1.94. The maximum Gasteiger partial charge on any atom is 0.137 e. The molecule has 0 radical (unpaired) electrons. The smallest absolute Gasteiger partial charge is 0.137 e. The second kappa shape index (κ2) is 6.06. The van der Waals surface area contributed by atoms with E-state index in [1.54, 1.807) is 0 Å². The molecule has 104 valence electrons. The van der Waals surface area contributed by atoms with Gasteiger partial charge in [0.15, 0.2) is 0 Å². The van der Waals surface area contributed by atoms with Crippen molar-refractivity contribution < 1.29 is 4.42 Å². The predicted molar refractivity (Wildman–Crippen MR) is 77.1 cm³/mol. The summed E-state index contributed by atoms with van der Waals surface area (Å²) in [4.78, 5) is 0. The fourth-order valence-corrected chi connectivity index (χ4v) is 2.36. The van der Waals surface area contributed by atoms with E-state index in [1.165, 1.54) is 0 Å². The van der Waals surface area contributed by atoms with Crippen LogP contribution in [0.5, 0.6) is 0 Å². The number of furan rings is 1. The number of nitrogens with one attached hydrogen (secondary N) is 1. The third-order valence-electron chi connectivity index (χ3n) is 3.23. The first kappa shape index (κ1) is 13.9. The second-order valence-corrected chi connectivity index (χ2v) is 4.95. The first-order valence-corrected chi connectivity index (χ1v) is 6.99. The van der Waals surface area contributed by atoms with Gasteiger partial charge in [0.2, 0.25) is 0 Å². The van der Waals surface area contributed by atoms with Gasteiger partial charge in [0.25, 0.3) is 0 Å². The molecule has 2 rings (SSSR count). The molecule has 2 aromatic heterocycles. The van der Waals surface area contributed by atoms with Gasteiger partial charge in [0.1, 0.15) is 11.5 Å². The van der Waals surface area contributed by atoms with E-state index in [4.69, 9.17) is 4.42 Å². The van der Waals surface area contributed by atoms with E-state index in [-0.39, 0.29) is 0 Å². The lowest BCUT2D eigenvalue weighted by molar-refractivity contribution is 0.470. The molecule has 1 atom stereocenters. The van der Waals surface area contributed by atoms with Crippen molar-refractivity contribution in [3.05, 3.63) is 29.8 Å². The fourth-order valence-electron chi connectivity index (χ4n) is 2.36. The zero-order chi connectivity index (χ0) is 13.8. The van der Waals surface area contributed by atoms with Gasteiger partial charge in [-0.2, -0.15) is 5.10 Å². The number of hydrogen-bond donors (Lipinski definition) is 1. The van der Waals surface area contributed by atoms with Crippen LogP contribution < -0.4 is 5.32 Å². The van der Waals surface area contributed by atoms with E-state index in [2.05, 4.69) is 37.3 Å². The molecule has 0 aliphatic carbocycles. The zero-order valence-electron chi connectivity index (χ0n) is 12.2. The Bertz CT molecular complexity index is 527. The summed E-state index contributed by atoms with van der Waals surface area (Å²) in [6.07, 6.45) is 3.85. The number of likely N-dealkylation sites (N-methyl/N-ethyl adjacent to an activating group) is 1. The molecule has 0 saturated carbocycles. The normalized spacial score (nSPS) is 12.8. The van der Waals surface area contributed by atoms with E-state index < -0.39 is 0 Å². The Hall–Kier alpha value is -1.55. The molecule has 0 amide bonds. The summed E-state index contributed by atoms with van der Waals surface area (Å²) in [7, 11) is 1.94. The molecule has 0 aliphatic rings. The van der Waals surface area contributed by atoms with Crippen molar-refractivity contribution in [2.24, 2.45) is 7.05 Å². The average Bonchev–Trinajstić information content (AvgIpc) is 2.95. The molecule has 4 heteroatoms. The third kappa shape index (κ3) is 3.26. The van der Waals surface area contributed by atoms with Crippen molar-refractivity contribution in [3.8, 4) is 11.3 Å². The molecule has 0 bridgehead atoms. The maximum absolute atomic E-state index is 5.95. The van der Waals surface area contributed by atoms with Crippen molar-refractivity contribution in [2.45, 2.75) is 39.7 Å². The number of aryl methyl sites for hydroxylation is 2. The minimum Gasteiger partial charge on any atom is -0.461 e. The molecular weight excluding hydrogens is 238 g/mol. The Morgan fingerprint density at radius 2 is 2.16 bits per heavy atom. The minimum absolute atomic E-state index is 0.434. The van der Waals surface area contributed by atoms with Crippen molar-refractivity contribution in [1.82, 2.24) is 15.1 Å². The number of hydrogen-bond acceptors (Lipinski definition) is 3. The highest BCUT2D eigenvalue weighted by molar-refractivity contribution is 5.59. The van der Waals surface area contributed by atoms with E-state index in [0.717, 1.165) is 42.2 Å². The highest BCUT2D eigenvalue weighted by Gasteiger charge is 2.13. The maximum atomic E-state index is 5.95. The lowest BCUT2D eigenvalue weighted by Crippen LogP contribution is -2.27. The SMILES string of the molecule is CCNC(C)Cc1ccc(-c2cn(C)nc2CC)o1. The molecule has 19 heavy (non-hydrogen) atoms. The van der Waals surface area contributed by atoms with Crippen molar-refractivity contribution >= 4 is 0 Å². The zero-order valence-corrected chi connectivity index (χ0v) is 12.2. The van der Waals surface area contributed by atoms with Crippen LogP contribution in [0.1, 0.15) is 32.2 Å². The molecule has 0 saturated heterocycles.